The van der Waals surface area contributed by atoms with Crippen LogP contribution in [0.15, 0.2) is 40.9 Å². The molecule has 0 fully saturated rings. The molecule has 3 nitrogen and oxygen atoms in total. The van der Waals surface area contributed by atoms with Crippen LogP contribution in [0.1, 0.15) is 5.56 Å². The first-order chi connectivity index (χ1) is 10.1. The number of nitrogens with zero attached hydrogens (tertiary/aromatic N) is 1. The summed E-state index contributed by atoms with van der Waals surface area (Å²) in [6, 6.07) is 11.0. The normalized spacial score (nSPS) is 10.0. The minimum Gasteiger partial charge on any atom is -0.479 e. The summed E-state index contributed by atoms with van der Waals surface area (Å²) in [6.45, 7) is 0.366. The van der Waals surface area contributed by atoms with Gasteiger partial charge in [0.05, 0.1) is 5.69 Å². The van der Waals surface area contributed by atoms with Crippen LogP contribution in [0.3, 0.4) is 0 Å². The summed E-state index contributed by atoms with van der Waals surface area (Å²) < 4.78 is 32.1. The number of rotatable bonds is 5. The van der Waals surface area contributed by atoms with Gasteiger partial charge in [0.15, 0.2) is 6.61 Å². The average molecular weight is 353 g/mol. The Hall–Kier alpha value is -2.13. The summed E-state index contributed by atoms with van der Waals surface area (Å²) in [5, 5.41) is 11.3. The van der Waals surface area contributed by atoms with Crippen LogP contribution in [0, 0.1) is 23.0 Å². The fourth-order valence-corrected chi connectivity index (χ4v) is 2.27. The molecule has 0 aromatic heterocycles. The fraction of sp³-hybridized carbons (Fsp3) is 0.133. The van der Waals surface area contributed by atoms with Crippen molar-refractivity contribution >= 4 is 21.6 Å². The number of nitrogens with one attached hydrogen (secondary N) is 1. The van der Waals surface area contributed by atoms with E-state index in [-0.39, 0.29) is 12.3 Å². The number of halogens is 3. The molecule has 0 saturated heterocycles. The van der Waals surface area contributed by atoms with E-state index in [2.05, 4.69) is 21.2 Å². The number of hydrogen-bond acceptors (Lipinski definition) is 3. The van der Waals surface area contributed by atoms with Gasteiger partial charge in [0.1, 0.15) is 23.5 Å². The van der Waals surface area contributed by atoms with Crippen molar-refractivity contribution in [1.29, 1.82) is 5.26 Å². The van der Waals surface area contributed by atoms with Crippen LogP contribution >= 0.6 is 15.9 Å². The van der Waals surface area contributed by atoms with E-state index in [4.69, 9.17) is 10.00 Å². The highest BCUT2D eigenvalue weighted by Crippen LogP contribution is 2.27. The quantitative estimate of drug-likeness (QED) is 0.875. The Bertz CT molecular complexity index is 645. The predicted molar refractivity (Wildman–Crippen MR) is 78.9 cm³/mol. The maximum Gasteiger partial charge on any atom is 0.174 e. The van der Waals surface area contributed by atoms with Crippen molar-refractivity contribution in [3.63, 3.8) is 0 Å². The molecule has 0 radical (unpaired) electrons. The van der Waals surface area contributed by atoms with Crippen LogP contribution < -0.4 is 10.1 Å². The van der Waals surface area contributed by atoms with Gasteiger partial charge in [-0.15, -0.1) is 0 Å². The molecule has 1 N–H and O–H groups in total. The number of anilines is 1. The van der Waals surface area contributed by atoms with E-state index >= 15 is 0 Å². The molecule has 108 valence electrons. The highest BCUT2D eigenvalue weighted by atomic mass is 79.9. The van der Waals surface area contributed by atoms with E-state index in [0.717, 1.165) is 11.6 Å². The van der Waals surface area contributed by atoms with Crippen LogP contribution in [-0.2, 0) is 6.54 Å². The van der Waals surface area contributed by atoms with Crippen LogP contribution in [0.5, 0.6) is 5.75 Å². The minimum atomic E-state index is -0.657. The molecule has 21 heavy (non-hydrogen) atoms. The first-order valence-electron chi connectivity index (χ1n) is 6.07. The molecule has 2 rings (SSSR count). The number of hydrogen-bond donors (Lipinski definition) is 1. The molecule has 0 unspecified atom stereocenters. The molecule has 0 spiro atoms. The lowest BCUT2D eigenvalue weighted by molar-refractivity contribution is 0.368. The zero-order valence-corrected chi connectivity index (χ0v) is 12.5. The lowest BCUT2D eigenvalue weighted by Gasteiger charge is -2.10. The van der Waals surface area contributed by atoms with Crippen molar-refractivity contribution < 1.29 is 13.5 Å². The molecule has 0 aliphatic carbocycles. The highest BCUT2D eigenvalue weighted by Gasteiger charge is 2.09. The van der Waals surface area contributed by atoms with E-state index in [0.29, 0.717) is 16.8 Å². The van der Waals surface area contributed by atoms with Gasteiger partial charge in [0.2, 0.25) is 0 Å². The monoisotopic (exact) mass is 352 g/mol. The van der Waals surface area contributed by atoms with E-state index in [1.807, 2.05) is 6.07 Å². The first kappa shape index (κ1) is 15.3. The molecule has 2 aromatic rings. The fourth-order valence-electron chi connectivity index (χ4n) is 1.72. The number of ether oxygens (including phenoxy) is 1. The van der Waals surface area contributed by atoms with E-state index in [9.17, 15) is 8.78 Å². The van der Waals surface area contributed by atoms with Crippen LogP contribution in [0.2, 0.25) is 0 Å². The van der Waals surface area contributed by atoms with E-state index in [1.165, 1.54) is 6.07 Å². The molecular formula is C15H11BrF2N2O. The van der Waals surface area contributed by atoms with E-state index in [1.54, 1.807) is 24.3 Å². The predicted octanol–water partition coefficient (Wildman–Crippen LogP) is 4.24. The Labute approximate surface area is 129 Å². The largest absolute Gasteiger partial charge is 0.479 e. The number of benzene rings is 2. The summed E-state index contributed by atoms with van der Waals surface area (Å²) in [7, 11) is 0. The average Bonchev–Trinajstić information content (AvgIpc) is 2.45. The molecule has 0 heterocycles. The summed E-state index contributed by atoms with van der Waals surface area (Å²) in [5.41, 5.74) is 1.11. The van der Waals surface area contributed by atoms with Crippen molar-refractivity contribution in [2.24, 2.45) is 0 Å². The smallest absolute Gasteiger partial charge is 0.174 e. The first-order valence-corrected chi connectivity index (χ1v) is 6.86. The van der Waals surface area contributed by atoms with Crippen LogP contribution in [0.25, 0.3) is 0 Å². The molecule has 0 saturated carbocycles. The molecule has 0 amide bonds. The van der Waals surface area contributed by atoms with Gasteiger partial charge in [-0.05, 0) is 39.7 Å². The van der Waals surface area contributed by atoms with Crippen LogP contribution in [-0.4, -0.2) is 6.61 Å². The van der Waals surface area contributed by atoms with Crippen molar-refractivity contribution in [2.75, 3.05) is 11.9 Å². The number of nitriles is 1. The standard InChI is InChI=1S/C15H11BrF2N2O/c16-13-7-11(17)8-14(18)15(13)20-9-10-1-3-12(4-2-10)21-6-5-19/h1-4,7-8,20H,6,9H2. The second kappa shape index (κ2) is 7.04. The van der Waals surface area contributed by atoms with Gasteiger partial charge in [0, 0.05) is 17.1 Å². The third-order valence-electron chi connectivity index (χ3n) is 2.70. The summed E-state index contributed by atoms with van der Waals surface area (Å²) in [5.74, 6) is -0.700. The molecule has 2 aromatic carbocycles. The Kier molecular flexibility index (Phi) is 5.12. The molecule has 0 bridgehead atoms. The minimum absolute atomic E-state index is 0.00860. The third-order valence-corrected chi connectivity index (χ3v) is 3.33. The summed E-state index contributed by atoms with van der Waals surface area (Å²) in [4.78, 5) is 0. The van der Waals surface area contributed by atoms with Gasteiger partial charge in [-0.1, -0.05) is 12.1 Å². The zero-order valence-electron chi connectivity index (χ0n) is 10.9. The molecule has 0 aliphatic heterocycles. The molecule has 6 heteroatoms. The lowest BCUT2D eigenvalue weighted by atomic mass is 10.2. The Morgan fingerprint density at radius 2 is 1.90 bits per heavy atom. The highest BCUT2D eigenvalue weighted by molar-refractivity contribution is 9.10. The van der Waals surface area contributed by atoms with Gasteiger partial charge >= 0.3 is 0 Å². The zero-order chi connectivity index (χ0) is 15.2. The van der Waals surface area contributed by atoms with Crippen molar-refractivity contribution in [3.8, 4) is 11.8 Å². The third kappa shape index (κ3) is 4.17. The van der Waals surface area contributed by atoms with Crippen molar-refractivity contribution in [1.82, 2.24) is 0 Å². The summed E-state index contributed by atoms with van der Waals surface area (Å²) >= 11 is 3.12. The second-order valence-corrected chi connectivity index (χ2v) is 5.04. The maximum absolute atomic E-state index is 13.6. The lowest BCUT2D eigenvalue weighted by Crippen LogP contribution is -2.03. The van der Waals surface area contributed by atoms with E-state index < -0.39 is 11.6 Å². The molecule has 0 atom stereocenters. The van der Waals surface area contributed by atoms with Crippen LogP contribution in [0.4, 0.5) is 14.5 Å². The van der Waals surface area contributed by atoms with Gasteiger partial charge in [-0.2, -0.15) is 5.26 Å². The second-order valence-electron chi connectivity index (χ2n) is 4.19. The van der Waals surface area contributed by atoms with Crippen molar-refractivity contribution in [2.45, 2.75) is 6.54 Å². The topological polar surface area (TPSA) is 45.0 Å². The van der Waals surface area contributed by atoms with Crippen molar-refractivity contribution in [3.05, 3.63) is 58.1 Å². The van der Waals surface area contributed by atoms with Gasteiger partial charge in [-0.25, -0.2) is 8.78 Å². The maximum atomic E-state index is 13.6. The molecular weight excluding hydrogens is 342 g/mol. The Morgan fingerprint density at radius 1 is 1.19 bits per heavy atom. The Balaban J connectivity index is 2.02. The van der Waals surface area contributed by atoms with Gasteiger partial charge in [0.25, 0.3) is 0 Å². The SMILES string of the molecule is N#CCOc1ccc(CNc2c(F)cc(F)cc2Br)cc1. The van der Waals surface area contributed by atoms with Gasteiger partial charge < -0.3 is 10.1 Å². The summed E-state index contributed by atoms with van der Waals surface area (Å²) in [6.07, 6.45) is 0. The van der Waals surface area contributed by atoms with Gasteiger partial charge in [-0.3, -0.25) is 0 Å². The molecule has 0 aliphatic rings. The Morgan fingerprint density at radius 3 is 2.52 bits per heavy atom.